The van der Waals surface area contributed by atoms with Gasteiger partial charge in [0.1, 0.15) is 29.9 Å². The Morgan fingerprint density at radius 2 is 1.72 bits per heavy atom. The molecule has 3 aromatic heterocycles. The molecule has 3 aliphatic rings. The maximum atomic E-state index is 9.69. The maximum absolute atomic E-state index is 9.69. The van der Waals surface area contributed by atoms with Gasteiger partial charge >= 0.3 is 0 Å². The summed E-state index contributed by atoms with van der Waals surface area (Å²) in [6.07, 6.45) is 13.8. The van der Waals surface area contributed by atoms with Gasteiger partial charge in [-0.25, -0.2) is 14.6 Å². The molecular weight excluding hydrogens is 638 g/mol. The highest BCUT2D eigenvalue weighted by Gasteiger charge is 2.42. The Kier molecular flexibility index (Phi) is 10.5. The Hall–Kier alpha value is -4.65. The Morgan fingerprint density at radius 1 is 0.980 bits per heavy atom. The maximum Gasteiger partial charge on any atom is 0.256 e. The summed E-state index contributed by atoms with van der Waals surface area (Å²) in [6, 6.07) is 9.72. The molecular formula is C35H45N11O4. The molecule has 4 atom stereocenters. The van der Waals surface area contributed by atoms with Gasteiger partial charge in [-0.05, 0) is 73.6 Å². The molecule has 2 aliphatic heterocycles. The Bertz CT molecular complexity index is 1720. The molecule has 4 aromatic rings. The highest BCUT2D eigenvalue weighted by atomic mass is 16.5. The van der Waals surface area contributed by atoms with Crippen molar-refractivity contribution in [1.29, 1.82) is 5.26 Å². The number of nitriles is 1. The number of rotatable bonds is 14. The number of morpholine rings is 1. The van der Waals surface area contributed by atoms with Gasteiger partial charge in [-0.1, -0.05) is 13.0 Å². The molecule has 15 nitrogen and oxygen atoms in total. The highest BCUT2D eigenvalue weighted by Crippen LogP contribution is 2.39. The Balaban J connectivity index is 1.04. The summed E-state index contributed by atoms with van der Waals surface area (Å²) in [5.74, 6) is 1.63. The lowest BCUT2D eigenvalue weighted by Crippen LogP contribution is -2.52. The van der Waals surface area contributed by atoms with Gasteiger partial charge < -0.3 is 24.3 Å². The summed E-state index contributed by atoms with van der Waals surface area (Å²) in [7, 11) is 1.70. The summed E-state index contributed by atoms with van der Waals surface area (Å²) in [5, 5.41) is 29.2. The minimum atomic E-state index is -0.270. The highest BCUT2D eigenvalue weighted by molar-refractivity contribution is 5.67. The summed E-state index contributed by atoms with van der Waals surface area (Å²) in [4.78, 5) is 12.0. The van der Waals surface area contributed by atoms with Gasteiger partial charge in [-0.2, -0.15) is 5.26 Å². The van der Waals surface area contributed by atoms with Crippen molar-refractivity contribution in [2.45, 2.75) is 89.2 Å². The third-order valence-electron chi connectivity index (χ3n) is 9.91. The average Bonchev–Trinajstić information content (AvgIpc) is 3.85. The summed E-state index contributed by atoms with van der Waals surface area (Å²) < 4.78 is 27.2. The largest absolute Gasteiger partial charge is 0.487 e. The zero-order valence-electron chi connectivity index (χ0n) is 28.9. The van der Waals surface area contributed by atoms with Crippen LogP contribution >= 0.6 is 0 Å². The molecule has 1 saturated carbocycles. The Morgan fingerprint density at radius 3 is 2.42 bits per heavy atom. The number of hydrogen-bond donors (Lipinski definition) is 1. The molecule has 264 valence electrons. The SMILES string of the molecule is COCC(C)COc1nn(C2CCC(N3[C@@H]4CC[C@H]3COC4)CC2)cc1Nc1ncc(-c2ccc(C#N)c(O[C@@H](C)Cn3cnnn3)c2)cn1. The lowest BCUT2D eigenvalue weighted by atomic mass is 9.89. The van der Waals surface area contributed by atoms with Crippen LogP contribution in [0.15, 0.2) is 43.1 Å². The fourth-order valence-corrected chi connectivity index (χ4v) is 7.52. The fraction of sp³-hybridized carbons (Fsp3) is 0.571. The molecule has 2 bridgehead atoms. The molecule has 7 rings (SSSR count). The van der Waals surface area contributed by atoms with Crippen molar-refractivity contribution in [1.82, 2.24) is 44.9 Å². The van der Waals surface area contributed by atoms with Gasteiger partial charge in [0.15, 0.2) is 0 Å². The van der Waals surface area contributed by atoms with Crippen LogP contribution in [0, 0.1) is 17.2 Å². The van der Waals surface area contributed by atoms with Crippen LogP contribution in [0.3, 0.4) is 0 Å². The number of tetrazole rings is 1. The van der Waals surface area contributed by atoms with Gasteiger partial charge in [-0.3, -0.25) is 9.58 Å². The van der Waals surface area contributed by atoms with E-state index in [1.807, 2.05) is 25.3 Å². The first-order valence-electron chi connectivity index (χ1n) is 17.5. The summed E-state index contributed by atoms with van der Waals surface area (Å²) in [5.41, 5.74) is 2.76. The van der Waals surface area contributed by atoms with Crippen LogP contribution in [0.25, 0.3) is 11.1 Å². The van der Waals surface area contributed by atoms with Crippen LogP contribution in [0.4, 0.5) is 11.6 Å². The van der Waals surface area contributed by atoms with E-state index < -0.39 is 0 Å². The minimum absolute atomic E-state index is 0.205. The molecule has 1 aliphatic carbocycles. The first-order chi connectivity index (χ1) is 24.5. The van der Waals surface area contributed by atoms with Crippen molar-refractivity contribution in [3.05, 3.63) is 48.7 Å². The predicted octanol–water partition coefficient (Wildman–Crippen LogP) is 4.42. The second-order valence-corrected chi connectivity index (χ2v) is 13.7. The van der Waals surface area contributed by atoms with Gasteiger partial charge in [0.2, 0.25) is 5.95 Å². The minimum Gasteiger partial charge on any atom is -0.487 e. The van der Waals surface area contributed by atoms with Crippen molar-refractivity contribution < 1.29 is 18.9 Å². The van der Waals surface area contributed by atoms with E-state index in [9.17, 15) is 5.26 Å². The van der Waals surface area contributed by atoms with E-state index in [1.165, 1.54) is 19.2 Å². The standard InChI is InChI=1S/C35H45N11O4/c1-23(18-47-3)19-49-34-32(17-45(41-34)28-6-8-29(9-7-28)46-30-10-11-31(46)21-48-20-30)40-35-37-14-27(15-38-35)25-4-5-26(13-36)33(12-25)50-24(2)16-44-22-39-42-43-44/h4-5,12,14-15,17,22-24,28-31H,6-11,16,18-21H2,1-3H3,(H,37,38,40)/t23?,24-,28?,29?,30-,31+/m0/s1. The van der Waals surface area contributed by atoms with E-state index in [4.69, 9.17) is 24.0 Å². The number of fused-ring (bicyclic) bond motifs is 2. The number of aromatic nitrogens is 8. The van der Waals surface area contributed by atoms with E-state index in [1.54, 1.807) is 30.3 Å². The van der Waals surface area contributed by atoms with Crippen LogP contribution < -0.4 is 14.8 Å². The Labute approximate surface area is 291 Å². The van der Waals surface area contributed by atoms with Crippen molar-refractivity contribution in [3.63, 3.8) is 0 Å². The quantitative estimate of drug-likeness (QED) is 0.199. The van der Waals surface area contributed by atoms with Crippen LogP contribution in [-0.4, -0.2) is 103 Å². The second kappa shape index (κ2) is 15.5. The molecule has 1 N–H and O–H groups in total. The molecule has 2 saturated heterocycles. The van der Waals surface area contributed by atoms with Crippen LogP contribution in [-0.2, 0) is 16.0 Å². The number of nitrogens with zero attached hydrogens (tertiary/aromatic N) is 10. The lowest BCUT2D eigenvalue weighted by molar-refractivity contribution is -0.0458. The molecule has 15 heteroatoms. The third-order valence-corrected chi connectivity index (χ3v) is 9.91. The van der Waals surface area contributed by atoms with Crippen molar-refractivity contribution in [2.24, 2.45) is 5.92 Å². The number of hydrogen-bond acceptors (Lipinski definition) is 13. The number of benzene rings is 1. The van der Waals surface area contributed by atoms with Gasteiger partial charge in [0, 0.05) is 49.1 Å². The molecule has 1 aromatic carbocycles. The molecule has 5 heterocycles. The molecule has 50 heavy (non-hydrogen) atoms. The zero-order valence-corrected chi connectivity index (χ0v) is 28.9. The predicted molar refractivity (Wildman–Crippen MR) is 183 cm³/mol. The first-order valence-corrected chi connectivity index (χ1v) is 17.5. The van der Waals surface area contributed by atoms with E-state index in [2.05, 4.69) is 53.4 Å². The van der Waals surface area contributed by atoms with E-state index in [-0.39, 0.29) is 12.0 Å². The smallest absolute Gasteiger partial charge is 0.256 e. The molecule has 1 unspecified atom stereocenters. The number of ether oxygens (including phenoxy) is 4. The molecule has 0 amide bonds. The fourth-order valence-electron chi connectivity index (χ4n) is 7.52. The lowest BCUT2D eigenvalue weighted by Gasteiger charge is -2.43. The second-order valence-electron chi connectivity index (χ2n) is 13.7. The normalized spacial score (nSPS) is 23.2. The average molecular weight is 684 g/mol. The van der Waals surface area contributed by atoms with Gasteiger partial charge in [0.05, 0.1) is 50.8 Å². The van der Waals surface area contributed by atoms with E-state index in [0.717, 1.165) is 55.7 Å². The number of methoxy groups -OCH3 is 1. The molecule has 0 spiro atoms. The summed E-state index contributed by atoms with van der Waals surface area (Å²) in [6.45, 7) is 7.26. The van der Waals surface area contributed by atoms with Gasteiger partial charge in [-0.15, -0.1) is 10.2 Å². The first kappa shape index (κ1) is 33.8. The van der Waals surface area contributed by atoms with Crippen LogP contribution in [0.2, 0.25) is 0 Å². The van der Waals surface area contributed by atoms with Gasteiger partial charge in [0.25, 0.3) is 5.88 Å². The third kappa shape index (κ3) is 7.72. The van der Waals surface area contributed by atoms with Crippen LogP contribution in [0.5, 0.6) is 11.6 Å². The summed E-state index contributed by atoms with van der Waals surface area (Å²) >= 11 is 0. The number of anilines is 2. The van der Waals surface area contributed by atoms with E-state index >= 15 is 0 Å². The number of nitrogens with one attached hydrogen (secondary N) is 1. The van der Waals surface area contributed by atoms with Crippen molar-refractivity contribution >= 4 is 11.6 Å². The monoisotopic (exact) mass is 683 g/mol. The topological polar surface area (TPSA) is 163 Å². The van der Waals surface area contributed by atoms with Crippen molar-refractivity contribution in [3.8, 4) is 28.8 Å². The van der Waals surface area contributed by atoms with Crippen molar-refractivity contribution in [2.75, 3.05) is 38.9 Å². The molecule has 0 radical (unpaired) electrons. The zero-order chi connectivity index (χ0) is 34.5. The molecule has 3 fully saturated rings. The van der Waals surface area contributed by atoms with E-state index in [0.29, 0.717) is 67.1 Å². The van der Waals surface area contributed by atoms with Crippen LogP contribution in [0.1, 0.15) is 64.0 Å².